The molecule has 0 N–H and O–H groups in total. The molecule has 1 aromatic rings. The van der Waals surface area contributed by atoms with Crippen molar-refractivity contribution in [2.45, 2.75) is 45.8 Å². The van der Waals surface area contributed by atoms with Gasteiger partial charge in [0.25, 0.3) is 0 Å². The molecule has 0 spiro atoms. The SMILES string of the molecule is CC(/C=C/C=C/B1OC(C)(C)C(C)(C)O1)=C\c1ccccc1. The van der Waals surface area contributed by atoms with Gasteiger partial charge in [0.1, 0.15) is 0 Å². The minimum absolute atomic E-state index is 0.283. The molecule has 0 unspecified atom stereocenters. The molecule has 1 aliphatic heterocycles. The van der Waals surface area contributed by atoms with Crippen LogP contribution in [0, 0.1) is 0 Å². The van der Waals surface area contributed by atoms with Crippen LogP contribution < -0.4 is 0 Å². The van der Waals surface area contributed by atoms with E-state index < -0.39 is 0 Å². The van der Waals surface area contributed by atoms with Crippen LogP contribution in [0.15, 0.2) is 60.1 Å². The molecule has 0 bridgehead atoms. The third kappa shape index (κ3) is 4.22. The molecule has 1 aromatic carbocycles. The molecule has 1 fully saturated rings. The van der Waals surface area contributed by atoms with E-state index in [-0.39, 0.29) is 18.3 Å². The summed E-state index contributed by atoms with van der Waals surface area (Å²) in [5.41, 5.74) is 1.84. The predicted molar refractivity (Wildman–Crippen MR) is 94.5 cm³/mol. The van der Waals surface area contributed by atoms with Gasteiger partial charge in [-0.25, -0.2) is 0 Å². The first-order chi connectivity index (χ1) is 10.3. The Kier molecular flexibility index (Phi) is 5.10. The first kappa shape index (κ1) is 16.8. The predicted octanol–water partition coefficient (Wildman–Crippen LogP) is 4.83. The Labute approximate surface area is 134 Å². The zero-order valence-corrected chi connectivity index (χ0v) is 14.2. The average Bonchev–Trinajstić information content (AvgIpc) is 2.64. The first-order valence-corrected chi connectivity index (χ1v) is 7.74. The number of allylic oxidation sites excluding steroid dienone is 4. The Morgan fingerprint density at radius 3 is 2.14 bits per heavy atom. The van der Waals surface area contributed by atoms with Gasteiger partial charge in [-0.1, -0.05) is 66.2 Å². The van der Waals surface area contributed by atoms with Crippen LogP contribution in [0.25, 0.3) is 6.08 Å². The Bertz CT molecular complexity index is 567. The maximum Gasteiger partial charge on any atom is 0.487 e. The zero-order chi connectivity index (χ0) is 16.2. The zero-order valence-electron chi connectivity index (χ0n) is 14.2. The fourth-order valence-corrected chi connectivity index (χ4v) is 2.19. The molecule has 0 amide bonds. The fraction of sp³-hybridized carbons (Fsp3) is 0.368. The first-order valence-electron chi connectivity index (χ1n) is 7.74. The highest BCUT2D eigenvalue weighted by Crippen LogP contribution is 2.36. The smallest absolute Gasteiger partial charge is 0.400 e. The van der Waals surface area contributed by atoms with E-state index in [1.165, 1.54) is 11.1 Å². The second-order valence-electron chi connectivity index (χ2n) is 6.67. The molecule has 3 heteroatoms. The number of hydrogen-bond acceptors (Lipinski definition) is 2. The lowest BCUT2D eigenvalue weighted by Gasteiger charge is -2.32. The van der Waals surface area contributed by atoms with Crippen molar-refractivity contribution in [2.24, 2.45) is 0 Å². The molecule has 0 aromatic heterocycles. The van der Waals surface area contributed by atoms with E-state index in [1.54, 1.807) is 0 Å². The van der Waals surface area contributed by atoms with E-state index in [4.69, 9.17) is 9.31 Å². The largest absolute Gasteiger partial charge is 0.487 e. The minimum atomic E-state index is -0.284. The Balaban J connectivity index is 1.92. The molecule has 1 aliphatic rings. The van der Waals surface area contributed by atoms with E-state index in [0.29, 0.717) is 0 Å². The van der Waals surface area contributed by atoms with Gasteiger partial charge < -0.3 is 9.31 Å². The molecular weight excluding hydrogens is 271 g/mol. The van der Waals surface area contributed by atoms with Crippen molar-refractivity contribution < 1.29 is 9.31 Å². The van der Waals surface area contributed by atoms with Gasteiger partial charge in [-0.05, 0) is 40.2 Å². The van der Waals surface area contributed by atoms with Crippen LogP contribution in [-0.4, -0.2) is 18.3 Å². The quantitative estimate of drug-likeness (QED) is 0.585. The standard InChI is InChI=1S/C19H25BO2/c1-16(15-17-12-7-6-8-13-17)11-9-10-14-20-21-18(2,3)19(4,5)22-20/h6-15H,1-5H3/b11-9+,14-10+,16-15+. The van der Waals surface area contributed by atoms with Gasteiger partial charge in [-0.3, -0.25) is 0 Å². The molecule has 0 aliphatic carbocycles. The van der Waals surface area contributed by atoms with Crippen molar-refractivity contribution in [3.05, 3.63) is 65.7 Å². The van der Waals surface area contributed by atoms with Crippen molar-refractivity contribution in [1.29, 1.82) is 0 Å². The monoisotopic (exact) mass is 296 g/mol. The van der Waals surface area contributed by atoms with Gasteiger partial charge in [-0.2, -0.15) is 0 Å². The normalized spacial score (nSPS) is 21.1. The third-order valence-corrected chi connectivity index (χ3v) is 4.20. The number of hydrogen-bond donors (Lipinski definition) is 0. The van der Waals surface area contributed by atoms with Gasteiger partial charge in [-0.15, -0.1) is 0 Å². The molecule has 116 valence electrons. The van der Waals surface area contributed by atoms with Crippen molar-refractivity contribution in [1.82, 2.24) is 0 Å². The van der Waals surface area contributed by atoms with E-state index in [2.05, 4.69) is 58.9 Å². The van der Waals surface area contributed by atoms with Crippen LogP contribution in [0.3, 0.4) is 0 Å². The molecular formula is C19H25BO2. The Hall–Kier alpha value is -1.58. The van der Waals surface area contributed by atoms with Crippen LogP contribution in [0.5, 0.6) is 0 Å². The lowest BCUT2D eigenvalue weighted by atomic mass is 9.90. The number of rotatable bonds is 4. The van der Waals surface area contributed by atoms with Crippen molar-refractivity contribution in [3.63, 3.8) is 0 Å². The minimum Gasteiger partial charge on any atom is -0.400 e. The second kappa shape index (κ2) is 6.68. The lowest BCUT2D eigenvalue weighted by Crippen LogP contribution is -2.41. The highest BCUT2D eigenvalue weighted by Gasteiger charge is 2.49. The summed E-state index contributed by atoms with van der Waals surface area (Å²) in [6.07, 6.45) is 8.22. The van der Waals surface area contributed by atoms with Gasteiger partial charge in [0.05, 0.1) is 11.2 Å². The van der Waals surface area contributed by atoms with Crippen molar-refractivity contribution in [3.8, 4) is 0 Å². The average molecular weight is 296 g/mol. The fourth-order valence-electron chi connectivity index (χ4n) is 2.19. The van der Waals surface area contributed by atoms with Gasteiger partial charge in [0.2, 0.25) is 0 Å². The molecule has 0 saturated carbocycles. The molecule has 22 heavy (non-hydrogen) atoms. The molecule has 1 heterocycles. The summed E-state index contributed by atoms with van der Waals surface area (Å²) in [7, 11) is -0.284. The highest BCUT2D eigenvalue weighted by atomic mass is 16.7. The van der Waals surface area contributed by atoms with Crippen LogP contribution in [-0.2, 0) is 9.31 Å². The van der Waals surface area contributed by atoms with E-state index in [0.717, 1.165) is 0 Å². The van der Waals surface area contributed by atoms with Crippen molar-refractivity contribution >= 4 is 13.2 Å². The van der Waals surface area contributed by atoms with Crippen LogP contribution in [0.4, 0.5) is 0 Å². The summed E-state index contributed by atoms with van der Waals surface area (Å²) in [5.74, 6) is 1.95. The Morgan fingerprint density at radius 2 is 1.55 bits per heavy atom. The van der Waals surface area contributed by atoms with Gasteiger partial charge in [0.15, 0.2) is 0 Å². The topological polar surface area (TPSA) is 18.5 Å². The van der Waals surface area contributed by atoms with E-state index in [1.807, 2.05) is 36.3 Å². The van der Waals surface area contributed by atoms with Crippen LogP contribution >= 0.6 is 0 Å². The molecule has 0 radical (unpaired) electrons. The molecule has 0 atom stereocenters. The van der Waals surface area contributed by atoms with Gasteiger partial charge >= 0.3 is 7.12 Å². The molecule has 2 nitrogen and oxygen atoms in total. The van der Waals surface area contributed by atoms with E-state index >= 15 is 0 Å². The maximum atomic E-state index is 5.91. The summed E-state index contributed by atoms with van der Waals surface area (Å²) >= 11 is 0. The summed E-state index contributed by atoms with van der Waals surface area (Å²) in [4.78, 5) is 0. The van der Waals surface area contributed by atoms with Crippen LogP contribution in [0.1, 0.15) is 40.2 Å². The summed E-state index contributed by atoms with van der Waals surface area (Å²) in [6.45, 7) is 10.3. The maximum absolute atomic E-state index is 5.91. The number of benzene rings is 1. The molecule has 2 rings (SSSR count). The molecule has 1 saturated heterocycles. The lowest BCUT2D eigenvalue weighted by molar-refractivity contribution is 0.00578. The van der Waals surface area contributed by atoms with Crippen LogP contribution in [0.2, 0.25) is 0 Å². The highest BCUT2D eigenvalue weighted by molar-refractivity contribution is 6.51. The van der Waals surface area contributed by atoms with Gasteiger partial charge in [0, 0.05) is 0 Å². The van der Waals surface area contributed by atoms with E-state index in [9.17, 15) is 0 Å². The summed E-state index contributed by atoms with van der Waals surface area (Å²) in [5, 5.41) is 0. The summed E-state index contributed by atoms with van der Waals surface area (Å²) in [6, 6.07) is 10.3. The van der Waals surface area contributed by atoms with Crippen molar-refractivity contribution in [2.75, 3.05) is 0 Å². The third-order valence-electron chi connectivity index (χ3n) is 4.20. The Morgan fingerprint density at radius 1 is 0.955 bits per heavy atom. The summed E-state index contributed by atoms with van der Waals surface area (Å²) < 4.78 is 11.8. The second-order valence-corrected chi connectivity index (χ2v) is 6.67.